The van der Waals surface area contributed by atoms with E-state index in [1.54, 1.807) is 0 Å². The summed E-state index contributed by atoms with van der Waals surface area (Å²) in [5.41, 5.74) is 0.361. The Balaban J connectivity index is 4.23. The quantitative estimate of drug-likeness (QED) is 0.263. The van der Waals surface area contributed by atoms with Crippen LogP contribution >= 0.6 is 0 Å². The van der Waals surface area contributed by atoms with Gasteiger partial charge in [0.2, 0.25) is 0 Å². The second kappa shape index (κ2) is 17.7. The molecule has 2 heteroatoms. The molecule has 146 valence electrons. The van der Waals surface area contributed by atoms with Crippen LogP contribution in [-0.4, -0.2) is 26.8 Å². The molecule has 0 fully saturated rings. The van der Waals surface area contributed by atoms with E-state index in [1.165, 1.54) is 89.9 Å². The van der Waals surface area contributed by atoms with Crippen LogP contribution in [0.5, 0.6) is 0 Å². The maximum Gasteiger partial charge on any atom is 0.0530 e. The number of ether oxygens (including phenoxy) is 1. The molecule has 2 nitrogen and oxygen atoms in total. The van der Waals surface area contributed by atoms with E-state index < -0.39 is 0 Å². The summed E-state index contributed by atoms with van der Waals surface area (Å²) in [6.07, 6.45) is 19.3. The van der Waals surface area contributed by atoms with Crippen LogP contribution < -0.4 is 5.32 Å². The first kappa shape index (κ1) is 23.9. The lowest BCUT2D eigenvalue weighted by Gasteiger charge is -2.34. The first-order chi connectivity index (χ1) is 11.7. The number of nitrogens with one attached hydrogen (secondary N) is 1. The van der Waals surface area contributed by atoms with Gasteiger partial charge in [0, 0.05) is 19.1 Å². The molecule has 1 N–H and O–H groups in total. The van der Waals surface area contributed by atoms with E-state index in [1.807, 2.05) is 7.11 Å². The van der Waals surface area contributed by atoms with Gasteiger partial charge >= 0.3 is 0 Å². The first-order valence-electron chi connectivity index (χ1n) is 10.9. The van der Waals surface area contributed by atoms with Crippen molar-refractivity contribution < 1.29 is 4.74 Å². The Morgan fingerprint density at radius 2 is 1.12 bits per heavy atom. The normalized spacial score (nSPS) is 12.0. The minimum absolute atomic E-state index is 0.361. The van der Waals surface area contributed by atoms with Gasteiger partial charge in [-0.2, -0.15) is 0 Å². The van der Waals surface area contributed by atoms with E-state index >= 15 is 0 Å². The second-order valence-electron chi connectivity index (χ2n) is 7.75. The monoisotopic (exact) mass is 341 g/mol. The number of methoxy groups -OCH3 is 1. The average Bonchev–Trinajstić information content (AvgIpc) is 2.59. The zero-order valence-electron chi connectivity index (χ0n) is 17.4. The Morgan fingerprint density at radius 1 is 0.667 bits per heavy atom. The Bertz CT molecular complexity index is 226. The van der Waals surface area contributed by atoms with Crippen molar-refractivity contribution in [1.82, 2.24) is 5.32 Å². The first-order valence-corrected chi connectivity index (χ1v) is 10.9. The zero-order valence-corrected chi connectivity index (χ0v) is 17.4. The van der Waals surface area contributed by atoms with Crippen LogP contribution in [0.15, 0.2) is 0 Å². The largest absolute Gasteiger partial charge is 0.384 e. The molecular weight excluding hydrogens is 294 g/mol. The van der Waals surface area contributed by atoms with Gasteiger partial charge in [0.25, 0.3) is 0 Å². The number of unbranched alkanes of at least 4 members (excludes halogenated alkanes) is 10. The van der Waals surface area contributed by atoms with E-state index in [2.05, 4.69) is 26.1 Å². The van der Waals surface area contributed by atoms with Crippen LogP contribution in [0.4, 0.5) is 0 Å². The van der Waals surface area contributed by atoms with Crippen molar-refractivity contribution in [3.8, 4) is 0 Å². The SMILES string of the molecule is CCCCCCCCC(CCCCCCCC)(CNCC)COC. The van der Waals surface area contributed by atoms with Gasteiger partial charge in [0.05, 0.1) is 6.61 Å². The van der Waals surface area contributed by atoms with Gasteiger partial charge in [-0.3, -0.25) is 0 Å². The summed E-state index contributed by atoms with van der Waals surface area (Å²) < 4.78 is 5.66. The van der Waals surface area contributed by atoms with Crippen LogP contribution in [-0.2, 0) is 4.74 Å². The molecule has 0 unspecified atom stereocenters. The fraction of sp³-hybridized carbons (Fsp3) is 1.00. The van der Waals surface area contributed by atoms with Crippen molar-refractivity contribution in [2.24, 2.45) is 5.41 Å². The molecule has 0 radical (unpaired) electrons. The van der Waals surface area contributed by atoms with Crippen LogP contribution in [0, 0.1) is 5.41 Å². The molecule has 0 aliphatic rings. The molecule has 0 aromatic carbocycles. The third-order valence-electron chi connectivity index (χ3n) is 5.32. The van der Waals surface area contributed by atoms with Crippen molar-refractivity contribution in [3.05, 3.63) is 0 Å². The highest BCUT2D eigenvalue weighted by molar-refractivity contribution is 4.82. The molecule has 0 saturated carbocycles. The molecule has 0 bridgehead atoms. The van der Waals surface area contributed by atoms with Crippen LogP contribution in [0.3, 0.4) is 0 Å². The fourth-order valence-electron chi connectivity index (χ4n) is 3.75. The molecule has 0 heterocycles. The Kier molecular flexibility index (Phi) is 17.7. The number of hydrogen-bond acceptors (Lipinski definition) is 2. The van der Waals surface area contributed by atoms with E-state index in [0.29, 0.717) is 5.41 Å². The van der Waals surface area contributed by atoms with Gasteiger partial charge in [-0.15, -0.1) is 0 Å². The third-order valence-corrected chi connectivity index (χ3v) is 5.32. The van der Waals surface area contributed by atoms with E-state index in [0.717, 1.165) is 19.7 Å². The van der Waals surface area contributed by atoms with Gasteiger partial charge in [0.15, 0.2) is 0 Å². The fourth-order valence-corrected chi connectivity index (χ4v) is 3.75. The van der Waals surface area contributed by atoms with Crippen molar-refractivity contribution in [2.45, 2.75) is 111 Å². The lowest BCUT2D eigenvalue weighted by molar-refractivity contribution is 0.0602. The Labute approximate surface area is 153 Å². The predicted octanol–water partition coefficient (Wildman–Crippen LogP) is 6.73. The Hall–Kier alpha value is -0.0800. The maximum atomic E-state index is 5.66. The summed E-state index contributed by atoms with van der Waals surface area (Å²) in [7, 11) is 1.88. The number of rotatable bonds is 19. The third kappa shape index (κ3) is 13.2. The van der Waals surface area contributed by atoms with Crippen molar-refractivity contribution in [1.29, 1.82) is 0 Å². The van der Waals surface area contributed by atoms with Crippen molar-refractivity contribution >= 4 is 0 Å². The topological polar surface area (TPSA) is 21.3 Å². The van der Waals surface area contributed by atoms with E-state index in [-0.39, 0.29) is 0 Å². The summed E-state index contributed by atoms with van der Waals surface area (Å²) in [5, 5.41) is 3.62. The van der Waals surface area contributed by atoms with Crippen LogP contribution in [0.1, 0.15) is 111 Å². The second-order valence-corrected chi connectivity index (χ2v) is 7.75. The molecule has 24 heavy (non-hydrogen) atoms. The summed E-state index contributed by atoms with van der Waals surface area (Å²) >= 11 is 0. The van der Waals surface area contributed by atoms with Gasteiger partial charge in [-0.05, 0) is 19.4 Å². The molecular formula is C22H47NO. The molecule has 0 aliphatic carbocycles. The molecule has 0 rings (SSSR count). The predicted molar refractivity (Wildman–Crippen MR) is 109 cm³/mol. The van der Waals surface area contributed by atoms with Crippen molar-refractivity contribution in [3.63, 3.8) is 0 Å². The molecule has 0 aliphatic heterocycles. The van der Waals surface area contributed by atoms with Gasteiger partial charge < -0.3 is 10.1 Å². The number of hydrogen-bond donors (Lipinski definition) is 1. The molecule has 0 saturated heterocycles. The smallest absolute Gasteiger partial charge is 0.0530 e. The molecule has 0 atom stereocenters. The maximum absolute atomic E-state index is 5.66. The van der Waals surface area contributed by atoms with Crippen molar-refractivity contribution in [2.75, 3.05) is 26.8 Å². The minimum Gasteiger partial charge on any atom is -0.384 e. The summed E-state index contributed by atoms with van der Waals surface area (Å²) in [6.45, 7) is 9.91. The highest BCUT2D eigenvalue weighted by atomic mass is 16.5. The lowest BCUT2D eigenvalue weighted by atomic mass is 9.78. The lowest BCUT2D eigenvalue weighted by Crippen LogP contribution is -2.38. The standard InChI is InChI=1S/C22H47NO/c1-5-8-10-12-14-16-18-22(21-24-4,20-23-7-3)19-17-15-13-11-9-6-2/h23H,5-21H2,1-4H3. The highest BCUT2D eigenvalue weighted by Crippen LogP contribution is 2.32. The molecule has 0 amide bonds. The Morgan fingerprint density at radius 3 is 1.54 bits per heavy atom. The molecule has 0 aromatic rings. The summed E-state index contributed by atoms with van der Waals surface area (Å²) in [6, 6.07) is 0. The highest BCUT2D eigenvalue weighted by Gasteiger charge is 2.28. The zero-order chi connectivity index (χ0) is 17.9. The van der Waals surface area contributed by atoms with Crippen LogP contribution in [0.25, 0.3) is 0 Å². The van der Waals surface area contributed by atoms with E-state index in [9.17, 15) is 0 Å². The van der Waals surface area contributed by atoms with E-state index in [4.69, 9.17) is 4.74 Å². The van der Waals surface area contributed by atoms with Crippen LogP contribution in [0.2, 0.25) is 0 Å². The van der Waals surface area contributed by atoms with Gasteiger partial charge in [-0.25, -0.2) is 0 Å². The van der Waals surface area contributed by atoms with Gasteiger partial charge in [-0.1, -0.05) is 97.8 Å². The summed E-state index contributed by atoms with van der Waals surface area (Å²) in [5.74, 6) is 0. The summed E-state index contributed by atoms with van der Waals surface area (Å²) in [4.78, 5) is 0. The minimum atomic E-state index is 0.361. The average molecular weight is 342 g/mol. The molecule has 0 spiro atoms. The van der Waals surface area contributed by atoms with Gasteiger partial charge in [0.1, 0.15) is 0 Å². The molecule has 0 aromatic heterocycles.